The van der Waals surface area contributed by atoms with E-state index in [4.69, 9.17) is 4.74 Å². The maximum absolute atomic E-state index is 13.4. The van der Waals surface area contributed by atoms with Crippen LogP contribution in [0.2, 0.25) is 0 Å². The Morgan fingerprint density at radius 2 is 1.96 bits per heavy atom. The van der Waals surface area contributed by atoms with Crippen LogP contribution in [0.5, 0.6) is 5.75 Å². The number of rotatable bonds is 5. The van der Waals surface area contributed by atoms with Crippen molar-refractivity contribution in [2.45, 2.75) is 4.90 Å². The summed E-state index contributed by atoms with van der Waals surface area (Å²) in [5, 5.41) is 14.0. The lowest BCUT2D eigenvalue weighted by atomic mass is 10.2. The first-order valence-electron chi connectivity index (χ1n) is 6.32. The molecule has 2 aromatic rings. The number of halogens is 1. The molecule has 9 heteroatoms. The highest BCUT2D eigenvalue weighted by atomic mass is 32.2. The highest BCUT2D eigenvalue weighted by molar-refractivity contribution is 7.90. The Morgan fingerprint density at radius 3 is 2.52 bits per heavy atom. The van der Waals surface area contributed by atoms with Gasteiger partial charge in [0, 0.05) is 18.0 Å². The first-order valence-corrected chi connectivity index (χ1v) is 8.21. The third kappa shape index (κ3) is 3.57. The molecule has 0 saturated heterocycles. The first kappa shape index (κ1) is 16.7. The number of ether oxygens (including phenoxy) is 1. The second-order valence-electron chi connectivity index (χ2n) is 4.66. The average Bonchev–Trinajstić information content (AvgIpc) is 2.47. The van der Waals surface area contributed by atoms with E-state index in [1.54, 1.807) is 0 Å². The molecule has 2 rings (SSSR count). The summed E-state index contributed by atoms with van der Waals surface area (Å²) in [6.07, 6.45) is 0.889. The van der Waals surface area contributed by atoms with E-state index in [0.717, 1.165) is 18.4 Å². The van der Waals surface area contributed by atoms with E-state index in [2.05, 4.69) is 5.32 Å². The monoisotopic (exact) mass is 340 g/mol. The topological polar surface area (TPSA) is 98.5 Å². The van der Waals surface area contributed by atoms with Crippen molar-refractivity contribution in [1.29, 1.82) is 0 Å². The summed E-state index contributed by atoms with van der Waals surface area (Å²) < 4.78 is 41.6. The van der Waals surface area contributed by atoms with Gasteiger partial charge in [-0.1, -0.05) is 6.07 Å². The zero-order valence-electron chi connectivity index (χ0n) is 12.2. The van der Waals surface area contributed by atoms with E-state index in [0.29, 0.717) is 5.69 Å². The number of nitro benzene ring substituents is 1. The molecule has 1 N–H and O–H groups in total. The van der Waals surface area contributed by atoms with Crippen molar-refractivity contribution in [3.8, 4) is 5.75 Å². The summed E-state index contributed by atoms with van der Waals surface area (Å²) in [6.45, 7) is 0. The molecular formula is C14H13FN2O5S. The van der Waals surface area contributed by atoms with Crippen molar-refractivity contribution < 1.29 is 22.5 Å². The zero-order valence-corrected chi connectivity index (χ0v) is 13.1. The van der Waals surface area contributed by atoms with Crippen LogP contribution in [0.1, 0.15) is 0 Å². The minimum Gasteiger partial charge on any atom is -0.494 e. The van der Waals surface area contributed by atoms with Gasteiger partial charge in [-0.3, -0.25) is 10.1 Å². The third-order valence-corrected chi connectivity index (χ3v) is 4.14. The van der Waals surface area contributed by atoms with Gasteiger partial charge >= 0.3 is 5.69 Å². The molecule has 0 amide bonds. The molecule has 0 aliphatic rings. The van der Waals surface area contributed by atoms with Crippen LogP contribution in [-0.4, -0.2) is 26.7 Å². The van der Waals surface area contributed by atoms with Crippen LogP contribution in [0.15, 0.2) is 41.3 Å². The lowest BCUT2D eigenvalue weighted by Crippen LogP contribution is -2.05. The number of para-hydroxylation sites is 1. The molecule has 2 aromatic carbocycles. The van der Waals surface area contributed by atoms with Crippen LogP contribution in [0.4, 0.5) is 21.5 Å². The zero-order chi connectivity index (χ0) is 17.2. The van der Waals surface area contributed by atoms with Crippen molar-refractivity contribution >= 4 is 26.9 Å². The summed E-state index contributed by atoms with van der Waals surface area (Å²) >= 11 is 0. The molecule has 0 aliphatic carbocycles. The molecule has 7 nitrogen and oxygen atoms in total. The number of benzene rings is 2. The average molecular weight is 340 g/mol. The fourth-order valence-corrected chi connectivity index (χ4v) is 2.87. The summed E-state index contributed by atoms with van der Waals surface area (Å²) in [5.74, 6) is -0.630. The quantitative estimate of drug-likeness (QED) is 0.664. The third-order valence-electron chi connectivity index (χ3n) is 3.01. The summed E-state index contributed by atoms with van der Waals surface area (Å²) in [6, 6.07) is 7.70. The van der Waals surface area contributed by atoms with Crippen molar-refractivity contribution in [3.05, 3.63) is 52.3 Å². The Morgan fingerprint density at radius 1 is 1.26 bits per heavy atom. The maximum atomic E-state index is 13.4. The van der Waals surface area contributed by atoms with Crippen LogP contribution in [0.25, 0.3) is 0 Å². The van der Waals surface area contributed by atoms with Crippen LogP contribution in [0.3, 0.4) is 0 Å². The SMILES string of the molecule is COc1cc(Nc2cccc(S(C)(=O)=O)c2[N+](=O)[O-])ccc1F. The Labute approximate surface area is 131 Å². The molecule has 0 heterocycles. The number of nitrogens with zero attached hydrogens (tertiary/aromatic N) is 1. The predicted octanol–water partition coefficient (Wildman–Crippen LogP) is 2.89. The van der Waals surface area contributed by atoms with Gasteiger partial charge in [-0.25, -0.2) is 12.8 Å². The van der Waals surface area contributed by atoms with E-state index in [-0.39, 0.29) is 11.4 Å². The Kier molecular flexibility index (Phi) is 4.50. The van der Waals surface area contributed by atoms with Crippen molar-refractivity contribution in [3.63, 3.8) is 0 Å². The largest absolute Gasteiger partial charge is 0.494 e. The van der Waals surface area contributed by atoms with Crippen molar-refractivity contribution in [2.75, 3.05) is 18.7 Å². The molecule has 23 heavy (non-hydrogen) atoms. The van der Waals surface area contributed by atoms with Crippen LogP contribution >= 0.6 is 0 Å². The van der Waals surface area contributed by atoms with E-state index in [9.17, 15) is 22.9 Å². The maximum Gasteiger partial charge on any atom is 0.311 e. The van der Waals surface area contributed by atoms with Crippen LogP contribution in [-0.2, 0) is 9.84 Å². The molecule has 0 radical (unpaired) electrons. The fourth-order valence-electron chi connectivity index (χ4n) is 2.00. The molecule has 122 valence electrons. The molecule has 0 fully saturated rings. The number of anilines is 2. The molecule has 0 saturated carbocycles. The normalized spacial score (nSPS) is 11.1. The molecule has 0 unspecified atom stereocenters. The van der Waals surface area contributed by atoms with Crippen LogP contribution in [0, 0.1) is 15.9 Å². The number of hydrogen-bond acceptors (Lipinski definition) is 6. The van der Waals surface area contributed by atoms with E-state index in [1.807, 2.05) is 0 Å². The van der Waals surface area contributed by atoms with Gasteiger partial charge in [0.15, 0.2) is 21.4 Å². The number of nitrogens with one attached hydrogen (secondary N) is 1. The van der Waals surface area contributed by atoms with Gasteiger partial charge in [0.05, 0.1) is 12.0 Å². The second kappa shape index (κ2) is 6.21. The van der Waals surface area contributed by atoms with Gasteiger partial charge in [0.2, 0.25) is 0 Å². The van der Waals surface area contributed by atoms with Gasteiger partial charge in [-0.15, -0.1) is 0 Å². The second-order valence-corrected chi connectivity index (χ2v) is 6.64. The molecule has 0 aliphatic heterocycles. The highest BCUT2D eigenvalue weighted by Crippen LogP contribution is 2.34. The van der Waals surface area contributed by atoms with E-state index >= 15 is 0 Å². The fraction of sp³-hybridized carbons (Fsp3) is 0.143. The minimum absolute atomic E-state index is 0.0217. The number of hydrogen-bond donors (Lipinski definition) is 1. The standard InChI is InChI=1S/C14H13FN2O5S/c1-22-12-8-9(6-7-10(12)15)16-11-4-3-5-13(23(2,20)21)14(11)17(18)19/h3-8,16H,1-2H3. The Bertz CT molecular complexity index is 867. The predicted molar refractivity (Wildman–Crippen MR) is 82.4 cm³/mol. The first-order chi connectivity index (χ1) is 10.7. The minimum atomic E-state index is -3.78. The summed E-state index contributed by atoms with van der Waals surface area (Å²) in [4.78, 5) is 10.1. The van der Waals surface area contributed by atoms with Crippen LogP contribution < -0.4 is 10.1 Å². The molecule has 0 spiro atoms. The van der Waals surface area contributed by atoms with Crippen molar-refractivity contribution in [1.82, 2.24) is 0 Å². The van der Waals surface area contributed by atoms with Gasteiger partial charge in [0.25, 0.3) is 0 Å². The summed E-state index contributed by atoms with van der Waals surface area (Å²) in [7, 11) is -2.49. The lowest BCUT2D eigenvalue weighted by molar-refractivity contribution is -0.386. The Hall–Kier alpha value is -2.68. The number of methoxy groups -OCH3 is 1. The lowest BCUT2D eigenvalue weighted by Gasteiger charge is -2.11. The van der Waals surface area contributed by atoms with Gasteiger partial charge in [0.1, 0.15) is 10.6 Å². The van der Waals surface area contributed by atoms with E-state index in [1.165, 1.54) is 31.4 Å². The molecule has 0 bridgehead atoms. The van der Waals surface area contributed by atoms with Crippen molar-refractivity contribution in [2.24, 2.45) is 0 Å². The van der Waals surface area contributed by atoms with Gasteiger partial charge < -0.3 is 10.1 Å². The van der Waals surface area contributed by atoms with E-state index < -0.39 is 31.2 Å². The highest BCUT2D eigenvalue weighted by Gasteiger charge is 2.26. The Balaban J connectivity index is 2.54. The number of nitro groups is 1. The molecule has 0 aromatic heterocycles. The number of sulfone groups is 1. The van der Waals surface area contributed by atoms with Gasteiger partial charge in [-0.05, 0) is 24.3 Å². The smallest absolute Gasteiger partial charge is 0.311 e. The van der Waals surface area contributed by atoms with Gasteiger partial charge in [-0.2, -0.15) is 0 Å². The summed E-state index contributed by atoms with van der Waals surface area (Å²) in [5.41, 5.74) is -0.276. The molecule has 0 atom stereocenters. The molecular weight excluding hydrogens is 327 g/mol.